The third-order valence-electron chi connectivity index (χ3n) is 5.34. The second-order valence-electron chi connectivity index (χ2n) is 6.91. The summed E-state index contributed by atoms with van der Waals surface area (Å²) in [6.07, 6.45) is 7.51. The Balaban J connectivity index is 1.55. The van der Waals surface area contributed by atoms with Gasteiger partial charge >= 0.3 is 0 Å². The third-order valence-corrected chi connectivity index (χ3v) is 5.34. The molecule has 4 fully saturated rings. The Morgan fingerprint density at radius 2 is 1.72 bits per heavy atom. The van der Waals surface area contributed by atoms with Crippen LogP contribution in [-0.2, 0) is 4.79 Å². The summed E-state index contributed by atoms with van der Waals surface area (Å²) in [5, 5.41) is 12.5. The van der Waals surface area contributed by atoms with Crippen molar-refractivity contribution in [1.29, 1.82) is 0 Å². The molecule has 3 nitrogen and oxygen atoms in total. The van der Waals surface area contributed by atoms with Crippen LogP contribution in [0.15, 0.2) is 0 Å². The van der Waals surface area contributed by atoms with Crippen LogP contribution < -0.4 is 5.32 Å². The van der Waals surface area contributed by atoms with Crippen molar-refractivity contribution in [3.05, 3.63) is 0 Å². The molecule has 18 heavy (non-hydrogen) atoms. The lowest BCUT2D eigenvalue weighted by Crippen LogP contribution is -2.55. The maximum atomic E-state index is 11.9. The molecule has 4 aliphatic carbocycles. The molecule has 2 N–H and O–H groups in total. The lowest BCUT2D eigenvalue weighted by Gasteiger charge is -2.54. The Hall–Kier alpha value is -0.570. The highest BCUT2D eigenvalue weighted by molar-refractivity contribution is 5.76. The fourth-order valence-electron chi connectivity index (χ4n) is 4.76. The first-order valence-corrected chi connectivity index (χ1v) is 7.59. The minimum atomic E-state index is -0.366. The van der Waals surface area contributed by atoms with Gasteiger partial charge in [-0.1, -0.05) is 0 Å². The maximum absolute atomic E-state index is 11.9. The minimum Gasteiger partial charge on any atom is -0.393 e. The zero-order chi connectivity index (χ0) is 12.7. The smallest absolute Gasteiger partial charge is 0.220 e. The molecule has 102 valence electrons. The zero-order valence-corrected chi connectivity index (χ0v) is 11.3. The van der Waals surface area contributed by atoms with E-state index in [9.17, 15) is 9.90 Å². The molecule has 0 spiro atoms. The van der Waals surface area contributed by atoms with Crippen LogP contribution in [0.5, 0.6) is 0 Å². The highest BCUT2D eigenvalue weighted by atomic mass is 16.3. The number of aliphatic hydroxyl groups excluding tert-OH is 1. The molecule has 4 saturated carbocycles. The fraction of sp³-hybridized carbons (Fsp3) is 0.933. The summed E-state index contributed by atoms with van der Waals surface area (Å²) >= 11 is 0. The van der Waals surface area contributed by atoms with Gasteiger partial charge in [-0.25, -0.2) is 0 Å². The van der Waals surface area contributed by atoms with Crippen molar-refractivity contribution in [2.24, 2.45) is 23.7 Å². The van der Waals surface area contributed by atoms with Crippen LogP contribution >= 0.6 is 0 Å². The largest absolute Gasteiger partial charge is 0.393 e. The summed E-state index contributed by atoms with van der Waals surface area (Å²) in [5.41, 5.74) is 0. The minimum absolute atomic E-state index is 0.147. The van der Waals surface area contributed by atoms with E-state index in [0.717, 1.165) is 23.7 Å². The van der Waals surface area contributed by atoms with E-state index in [1.807, 2.05) is 0 Å². The van der Waals surface area contributed by atoms with Gasteiger partial charge < -0.3 is 10.4 Å². The van der Waals surface area contributed by atoms with Gasteiger partial charge in [0.25, 0.3) is 0 Å². The summed E-state index contributed by atoms with van der Waals surface area (Å²) < 4.78 is 0. The van der Waals surface area contributed by atoms with Crippen molar-refractivity contribution in [2.75, 3.05) is 0 Å². The van der Waals surface area contributed by atoms with Gasteiger partial charge in [-0.05, 0) is 69.1 Å². The number of carbonyl (C=O) groups excluding carboxylic acids is 1. The van der Waals surface area contributed by atoms with Crippen molar-refractivity contribution < 1.29 is 9.90 Å². The maximum Gasteiger partial charge on any atom is 0.220 e. The van der Waals surface area contributed by atoms with Gasteiger partial charge in [0.05, 0.1) is 6.10 Å². The molecule has 0 aromatic carbocycles. The van der Waals surface area contributed by atoms with Crippen LogP contribution in [0.2, 0.25) is 0 Å². The van der Waals surface area contributed by atoms with Crippen molar-refractivity contribution in [2.45, 2.75) is 64.0 Å². The summed E-state index contributed by atoms with van der Waals surface area (Å²) in [6, 6.07) is 0.444. The van der Waals surface area contributed by atoms with E-state index in [-0.39, 0.29) is 12.0 Å². The van der Waals surface area contributed by atoms with Crippen LogP contribution in [0.4, 0.5) is 0 Å². The lowest BCUT2D eigenvalue weighted by molar-refractivity contribution is -0.125. The first kappa shape index (κ1) is 12.5. The first-order valence-electron chi connectivity index (χ1n) is 7.59. The number of rotatable bonds is 4. The Bertz CT molecular complexity index is 298. The summed E-state index contributed by atoms with van der Waals surface area (Å²) in [7, 11) is 0. The molecule has 0 aliphatic heterocycles. The van der Waals surface area contributed by atoms with Gasteiger partial charge in [0.1, 0.15) is 0 Å². The molecule has 1 amide bonds. The number of carbonyl (C=O) groups is 1. The second-order valence-corrected chi connectivity index (χ2v) is 6.91. The molecule has 4 rings (SSSR count). The van der Waals surface area contributed by atoms with E-state index in [1.54, 1.807) is 6.92 Å². The average molecular weight is 251 g/mol. The number of hydrogen-bond donors (Lipinski definition) is 2. The highest BCUT2D eigenvalue weighted by Crippen LogP contribution is 2.53. The Kier molecular flexibility index (Phi) is 3.35. The van der Waals surface area contributed by atoms with Crippen LogP contribution in [0.3, 0.4) is 0 Å². The average Bonchev–Trinajstić information content (AvgIpc) is 2.30. The van der Waals surface area contributed by atoms with Crippen LogP contribution in [0.1, 0.15) is 51.9 Å². The predicted molar refractivity (Wildman–Crippen MR) is 69.9 cm³/mol. The van der Waals surface area contributed by atoms with Crippen LogP contribution in [-0.4, -0.2) is 23.2 Å². The zero-order valence-electron chi connectivity index (χ0n) is 11.3. The second kappa shape index (κ2) is 4.84. The molecule has 4 bridgehead atoms. The molecular weight excluding hydrogens is 226 g/mol. The summed E-state index contributed by atoms with van der Waals surface area (Å²) in [5.74, 6) is 3.55. The molecule has 0 aromatic rings. The lowest BCUT2D eigenvalue weighted by atomic mass is 9.54. The molecule has 4 aliphatic rings. The fourth-order valence-corrected chi connectivity index (χ4v) is 4.76. The standard InChI is InChI=1S/C15H25NO2/c1-9(17)2-3-14(18)16-15-12-5-10-4-11(7-12)8-13(15)6-10/h9-13,15,17H,2-8H2,1H3,(H,16,18). The number of aliphatic hydroxyl groups is 1. The van der Waals surface area contributed by atoms with E-state index in [0.29, 0.717) is 18.9 Å². The highest BCUT2D eigenvalue weighted by Gasteiger charge is 2.48. The summed E-state index contributed by atoms with van der Waals surface area (Å²) in [4.78, 5) is 11.9. The Labute approximate surface area is 109 Å². The molecule has 1 unspecified atom stereocenters. The van der Waals surface area contributed by atoms with E-state index in [1.165, 1.54) is 32.1 Å². The topological polar surface area (TPSA) is 49.3 Å². The predicted octanol–water partition coefficient (Wildman–Crippen LogP) is 2.09. The number of nitrogens with one attached hydrogen (secondary N) is 1. The van der Waals surface area contributed by atoms with Crippen LogP contribution in [0.25, 0.3) is 0 Å². The normalized spacial score (nSPS) is 42.9. The van der Waals surface area contributed by atoms with Gasteiger partial charge in [0.2, 0.25) is 5.91 Å². The number of hydrogen-bond acceptors (Lipinski definition) is 2. The molecular formula is C15H25NO2. The monoisotopic (exact) mass is 251 g/mol. The quantitative estimate of drug-likeness (QED) is 0.804. The SMILES string of the molecule is CC(O)CCC(=O)NC1C2CC3CC(C2)CC1C3. The third kappa shape index (κ3) is 2.42. The van der Waals surface area contributed by atoms with E-state index in [2.05, 4.69) is 5.32 Å². The Morgan fingerprint density at radius 3 is 2.22 bits per heavy atom. The van der Waals surface area contributed by atoms with E-state index < -0.39 is 0 Å². The van der Waals surface area contributed by atoms with Crippen molar-refractivity contribution in [3.8, 4) is 0 Å². The summed E-state index contributed by atoms with van der Waals surface area (Å²) in [6.45, 7) is 1.75. The van der Waals surface area contributed by atoms with Crippen molar-refractivity contribution in [1.82, 2.24) is 5.32 Å². The molecule has 0 heterocycles. The van der Waals surface area contributed by atoms with Crippen LogP contribution in [0, 0.1) is 23.7 Å². The molecule has 0 aromatic heterocycles. The van der Waals surface area contributed by atoms with Gasteiger partial charge in [0.15, 0.2) is 0 Å². The molecule has 3 heteroatoms. The van der Waals surface area contributed by atoms with Gasteiger partial charge in [0, 0.05) is 12.5 Å². The first-order chi connectivity index (χ1) is 8.61. The van der Waals surface area contributed by atoms with Crippen molar-refractivity contribution >= 4 is 5.91 Å². The molecule has 0 saturated heterocycles. The van der Waals surface area contributed by atoms with Gasteiger partial charge in [-0.15, -0.1) is 0 Å². The van der Waals surface area contributed by atoms with E-state index in [4.69, 9.17) is 0 Å². The molecule has 1 atom stereocenters. The number of amides is 1. The van der Waals surface area contributed by atoms with E-state index >= 15 is 0 Å². The molecule has 0 radical (unpaired) electrons. The Morgan fingerprint density at radius 1 is 1.17 bits per heavy atom. The van der Waals surface area contributed by atoms with Gasteiger partial charge in [-0.3, -0.25) is 4.79 Å². The van der Waals surface area contributed by atoms with Gasteiger partial charge in [-0.2, -0.15) is 0 Å². The van der Waals surface area contributed by atoms with Crippen molar-refractivity contribution in [3.63, 3.8) is 0 Å².